The number of carbonyl (C=O) groups is 1. The van der Waals surface area contributed by atoms with Gasteiger partial charge in [-0.2, -0.15) is 0 Å². The molecule has 2 unspecified atom stereocenters. The number of carbonyl (C=O) groups excluding carboxylic acids is 1. The molecule has 1 aliphatic carbocycles. The average Bonchev–Trinajstić information content (AvgIpc) is 2.73. The van der Waals surface area contributed by atoms with Crippen molar-refractivity contribution >= 4 is 17.5 Å². The van der Waals surface area contributed by atoms with Crippen LogP contribution in [-0.4, -0.2) is 23.0 Å². The summed E-state index contributed by atoms with van der Waals surface area (Å²) < 4.78 is 4.90. The van der Waals surface area contributed by atoms with E-state index < -0.39 is 0 Å². The van der Waals surface area contributed by atoms with Crippen molar-refractivity contribution in [3.8, 4) is 0 Å². The minimum atomic E-state index is -0.192. The quantitative estimate of drug-likeness (QED) is 0.846. The molecule has 1 N–H and O–H groups in total. The van der Waals surface area contributed by atoms with E-state index in [1.807, 2.05) is 0 Å². The van der Waals surface area contributed by atoms with Gasteiger partial charge in [-0.25, -0.2) is 0 Å². The third-order valence-electron chi connectivity index (χ3n) is 3.12. The maximum atomic E-state index is 11.7. The molecule has 1 aromatic rings. The Morgan fingerprint density at radius 1 is 1.65 bits per heavy atom. The molecule has 1 aliphatic rings. The maximum absolute atomic E-state index is 11.7. The number of hydrogen-bond acceptors (Lipinski definition) is 3. The van der Waals surface area contributed by atoms with Crippen molar-refractivity contribution in [1.82, 2.24) is 10.5 Å². The molecule has 0 saturated heterocycles. The van der Waals surface area contributed by atoms with E-state index >= 15 is 0 Å². The summed E-state index contributed by atoms with van der Waals surface area (Å²) in [5, 5.41) is 6.82. The Labute approximate surface area is 106 Å². The fourth-order valence-electron chi connectivity index (χ4n) is 2.21. The number of hydrogen-bond donors (Lipinski definition) is 1. The molecule has 5 heteroatoms. The second kappa shape index (κ2) is 5.54. The van der Waals surface area contributed by atoms with Gasteiger partial charge in [0.05, 0.1) is 5.69 Å². The number of rotatable bonds is 3. The van der Waals surface area contributed by atoms with E-state index in [4.69, 9.17) is 16.1 Å². The van der Waals surface area contributed by atoms with Crippen LogP contribution in [0.2, 0.25) is 0 Å². The summed E-state index contributed by atoms with van der Waals surface area (Å²) in [5.41, 5.74) is 0.716. The molecular weight excluding hydrogens is 240 g/mol. The Balaban J connectivity index is 1.80. The van der Waals surface area contributed by atoms with Crippen molar-refractivity contribution in [3.05, 3.63) is 17.5 Å². The van der Waals surface area contributed by atoms with Crippen LogP contribution in [0.25, 0.3) is 0 Å². The normalized spacial score (nSPS) is 24.6. The molecule has 2 rings (SSSR count). The zero-order chi connectivity index (χ0) is 12.3. The third kappa shape index (κ3) is 3.46. The van der Waals surface area contributed by atoms with Gasteiger partial charge in [-0.15, -0.1) is 11.6 Å². The van der Waals surface area contributed by atoms with Gasteiger partial charge in [0.15, 0.2) is 0 Å². The van der Waals surface area contributed by atoms with Crippen LogP contribution in [0.1, 0.15) is 41.9 Å². The number of amides is 1. The lowest BCUT2D eigenvalue weighted by atomic mass is 9.89. The van der Waals surface area contributed by atoms with Gasteiger partial charge in [-0.1, -0.05) is 11.6 Å². The van der Waals surface area contributed by atoms with Gasteiger partial charge in [-0.05, 0) is 32.1 Å². The molecule has 94 valence electrons. The Morgan fingerprint density at radius 2 is 2.47 bits per heavy atom. The average molecular weight is 257 g/mol. The maximum Gasteiger partial charge on any atom is 0.289 e. The Morgan fingerprint density at radius 3 is 3.12 bits per heavy atom. The summed E-state index contributed by atoms with van der Waals surface area (Å²) in [6.07, 6.45) is 4.36. The van der Waals surface area contributed by atoms with Gasteiger partial charge in [0.1, 0.15) is 0 Å². The zero-order valence-corrected chi connectivity index (χ0v) is 10.7. The lowest BCUT2D eigenvalue weighted by Gasteiger charge is -2.25. The molecule has 1 heterocycles. The lowest BCUT2D eigenvalue weighted by Crippen LogP contribution is -2.31. The van der Waals surface area contributed by atoms with Crippen LogP contribution < -0.4 is 5.32 Å². The Kier molecular flexibility index (Phi) is 4.05. The highest BCUT2D eigenvalue weighted by Gasteiger charge is 2.21. The molecule has 1 amide bonds. The fraction of sp³-hybridized carbons (Fsp3) is 0.667. The van der Waals surface area contributed by atoms with Crippen LogP contribution in [0.3, 0.4) is 0 Å². The zero-order valence-electron chi connectivity index (χ0n) is 9.91. The first-order chi connectivity index (χ1) is 8.15. The minimum absolute atomic E-state index is 0.192. The molecule has 4 nitrogen and oxygen atoms in total. The highest BCUT2D eigenvalue weighted by molar-refractivity contribution is 6.20. The van der Waals surface area contributed by atoms with Gasteiger partial charge in [0.25, 0.3) is 5.91 Å². The van der Waals surface area contributed by atoms with Crippen molar-refractivity contribution in [1.29, 1.82) is 0 Å². The molecule has 0 radical (unpaired) electrons. The van der Waals surface area contributed by atoms with E-state index in [2.05, 4.69) is 10.5 Å². The van der Waals surface area contributed by atoms with Crippen LogP contribution >= 0.6 is 11.6 Å². The largest absolute Gasteiger partial charge is 0.351 e. The second-order valence-corrected chi connectivity index (χ2v) is 5.29. The van der Waals surface area contributed by atoms with E-state index in [-0.39, 0.29) is 17.0 Å². The summed E-state index contributed by atoms with van der Waals surface area (Å²) >= 11 is 6.11. The second-order valence-electron chi connectivity index (χ2n) is 4.67. The minimum Gasteiger partial charge on any atom is -0.351 e. The Bertz CT molecular complexity index is 392. The first kappa shape index (κ1) is 12.4. The fourth-order valence-corrected chi connectivity index (χ4v) is 2.61. The standard InChI is InChI=1S/C12H17ClN2O2/c1-8-5-11(17-15-8)12(16)14-7-9-3-2-4-10(13)6-9/h5,9-10H,2-4,6-7H2,1H3,(H,14,16). The lowest BCUT2D eigenvalue weighted by molar-refractivity contribution is 0.0906. The van der Waals surface area contributed by atoms with Crippen molar-refractivity contribution in [2.24, 2.45) is 5.92 Å². The van der Waals surface area contributed by atoms with E-state index in [1.54, 1.807) is 13.0 Å². The first-order valence-electron chi connectivity index (χ1n) is 6.00. The number of nitrogens with zero attached hydrogens (tertiary/aromatic N) is 1. The van der Waals surface area contributed by atoms with Gasteiger partial charge < -0.3 is 9.84 Å². The molecule has 0 spiro atoms. The smallest absolute Gasteiger partial charge is 0.289 e. The van der Waals surface area contributed by atoms with Gasteiger partial charge in [0.2, 0.25) is 5.76 Å². The number of halogens is 1. The predicted octanol–water partition coefficient (Wildman–Crippen LogP) is 2.51. The van der Waals surface area contributed by atoms with Gasteiger partial charge >= 0.3 is 0 Å². The molecule has 1 fully saturated rings. The van der Waals surface area contributed by atoms with Gasteiger partial charge in [-0.3, -0.25) is 4.79 Å². The summed E-state index contributed by atoms with van der Waals surface area (Å²) in [5.74, 6) is 0.572. The van der Waals surface area contributed by atoms with Crippen LogP contribution in [0.5, 0.6) is 0 Å². The molecule has 1 aromatic heterocycles. The van der Waals surface area contributed by atoms with E-state index in [0.29, 0.717) is 18.2 Å². The van der Waals surface area contributed by atoms with Crippen molar-refractivity contribution in [2.75, 3.05) is 6.54 Å². The summed E-state index contributed by atoms with van der Waals surface area (Å²) in [4.78, 5) is 11.7. The van der Waals surface area contributed by atoms with Crippen molar-refractivity contribution in [2.45, 2.75) is 38.0 Å². The van der Waals surface area contributed by atoms with Crippen LogP contribution in [-0.2, 0) is 0 Å². The number of aryl methyl sites for hydroxylation is 1. The first-order valence-corrected chi connectivity index (χ1v) is 6.44. The molecule has 0 aromatic carbocycles. The van der Waals surface area contributed by atoms with Crippen molar-refractivity contribution in [3.63, 3.8) is 0 Å². The van der Waals surface area contributed by atoms with E-state index in [0.717, 1.165) is 25.7 Å². The summed E-state index contributed by atoms with van der Waals surface area (Å²) in [6.45, 7) is 2.46. The number of aromatic nitrogens is 1. The molecule has 2 atom stereocenters. The topological polar surface area (TPSA) is 55.1 Å². The van der Waals surface area contributed by atoms with Crippen molar-refractivity contribution < 1.29 is 9.32 Å². The van der Waals surface area contributed by atoms with Crippen LogP contribution in [0.4, 0.5) is 0 Å². The molecule has 0 bridgehead atoms. The molecular formula is C12H17ClN2O2. The summed E-state index contributed by atoms with van der Waals surface area (Å²) in [6, 6.07) is 1.64. The van der Waals surface area contributed by atoms with E-state index in [9.17, 15) is 4.79 Å². The highest BCUT2D eigenvalue weighted by atomic mass is 35.5. The number of nitrogens with one attached hydrogen (secondary N) is 1. The highest BCUT2D eigenvalue weighted by Crippen LogP contribution is 2.27. The molecule has 0 aliphatic heterocycles. The SMILES string of the molecule is Cc1cc(C(=O)NCC2CCCC(Cl)C2)on1. The number of alkyl halides is 1. The Hall–Kier alpha value is -1.03. The monoisotopic (exact) mass is 256 g/mol. The molecule has 17 heavy (non-hydrogen) atoms. The van der Waals surface area contributed by atoms with Gasteiger partial charge in [0, 0.05) is 18.0 Å². The third-order valence-corrected chi connectivity index (χ3v) is 3.52. The predicted molar refractivity (Wildman–Crippen MR) is 65.2 cm³/mol. The summed E-state index contributed by atoms with van der Waals surface area (Å²) in [7, 11) is 0. The van der Waals surface area contributed by atoms with Crippen LogP contribution in [0, 0.1) is 12.8 Å². The molecule has 1 saturated carbocycles. The van der Waals surface area contributed by atoms with Crippen LogP contribution in [0.15, 0.2) is 10.6 Å². The van der Waals surface area contributed by atoms with E-state index in [1.165, 1.54) is 0 Å².